The number of aromatic nitrogens is 1. The summed E-state index contributed by atoms with van der Waals surface area (Å²) in [6.45, 7) is 3.94. The molecule has 0 spiro atoms. The predicted octanol–water partition coefficient (Wildman–Crippen LogP) is 2.97. The molecule has 0 amide bonds. The third kappa shape index (κ3) is 1.90. The molecule has 1 aromatic heterocycles. The largest absolute Gasteiger partial charge is 0.497 e. The number of aryl methyl sites for hydroxylation is 1. The molecule has 0 bridgehead atoms. The van der Waals surface area contributed by atoms with Gasteiger partial charge in [-0.25, -0.2) is 0 Å². The van der Waals surface area contributed by atoms with E-state index in [1.807, 2.05) is 44.2 Å². The van der Waals surface area contributed by atoms with E-state index in [1.54, 1.807) is 7.11 Å². The monoisotopic (exact) mass is 226 g/mol. The molecule has 0 aliphatic heterocycles. The average Bonchev–Trinajstić information content (AvgIpc) is 2.64. The van der Waals surface area contributed by atoms with Gasteiger partial charge in [0.25, 0.3) is 0 Å². The van der Waals surface area contributed by atoms with Crippen molar-refractivity contribution in [3.05, 3.63) is 47.3 Å². The van der Waals surface area contributed by atoms with Gasteiger partial charge in [0, 0.05) is 23.1 Å². The van der Waals surface area contributed by atoms with E-state index >= 15 is 0 Å². The molecule has 0 saturated heterocycles. The summed E-state index contributed by atoms with van der Waals surface area (Å²) in [6.07, 6.45) is 0. The van der Waals surface area contributed by atoms with E-state index in [-0.39, 0.29) is 0 Å². The van der Waals surface area contributed by atoms with Gasteiger partial charge in [-0.3, -0.25) is 0 Å². The van der Waals surface area contributed by atoms with E-state index in [1.165, 1.54) is 0 Å². The maximum absolute atomic E-state index is 9.02. The van der Waals surface area contributed by atoms with Gasteiger partial charge in [-0.2, -0.15) is 5.26 Å². The molecule has 1 heterocycles. The number of hydrogen-bond acceptors (Lipinski definition) is 2. The van der Waals surface area contributed by atoms with Crippen LogP contribution in [0.2, 0.25) is 0 Å². The lowest BCUT2D eigenvalue weighted by Crippen LogP contribution is -1.99. The maximum Gasteiger partial charge on any atom is 0.120 e. The molecule has 1 aromatic carbocycles. The average molecular weight is 226 g/mol. The van der Waals surface area contributed by atoms with Gasteiger partial charge in [0.1, 0.15) is 11.8 Å². The Morgan fingerprint density at radius 3 is 2.59 bits per heavy atom. The highest BCUT2D eigenvalue weighted by atomic mass is 16.5. The minimum Gasteiger partial charge on any atom is -0.497 e. The van der Waals surface area contributed by atoms with Gasteiger partial charge in [-0.15, -0.1) is 0 Å². The van der Waals surface area contributed by atoms with Crippen LogP contribution in [0.15, 0.2) is 30.3 Å². The second-order valence-electron chi connectivity index (χ2n) is 3.93. The fourth-order valence-corrected chi connectivity index (χ4v) is 2.02. The summed E-state index contributed by atoms with van der Waals surface area (Å²) in [5, 5.41) is 9.02. The van der Waals surface area contributed by atoms with Crippen LogP contribution in [-0.2, 0) is 0 Å². The first-order chi connectivity index (χ1) is 8.17. The Morgan fingerprint density at radius 1 is 1.24 bits per heavy atom. The summed E-state index contributed by atoms with van der Waals surface area (Å²) < 4.78 is 7.27. The molecule has 86 valence electrons. The Balaban J connectivity index is 2.60. The molecular weight excluding hydrogens is 212 g/mol. The van der Waals surface area contributed by atoms with E-state index in [4.69, 9.17) is 10.00 Å². The van der Waals surface area contributed by atoms with Crippen molar-refractivity contribution in [3.8, 4) is 17.5 Å². The molecule has 0 radical (unpaired) electrons. The van der Waals surface area contributed by atoms with Crippen LogP contribution >= 0.6 is 0 Å². The summed E-state index contributed by atoms with van der Waals surface area (Å²) in [6, 6.07) is 11.9. The summed E-state index contributed by atoms with van der Waals surface area (Å²) in [5.74, 6) is 0.813. The molecule has 0 aliphatic carbocycles. The van der Waals surface area contributed by atoms with E-state index in [2.05, 4.69) is 10.6 Å². The summed E-state index contributed by atoms with van der Waals surface area (Å²) >= 11 is 0. The number of nitriles is 1. The van der Waals surface area contributed by atoms with Crippen molar-refractivity contribution in [1.29, 1.82) is 5.26 Å². The predicted molar refractivity (Wildman–Crippen MR) is 66.5 cm³/mol. The van der Waals surface area contributed by atoms with Crippen molar-refractivity contribution in [3.63, 3.8) is 0 Å². The van der Waals surface area contributed by atoms with Gasteiger partial charge >= 0.3 is 0 Å². The molecule has 3 nitrogen and oxygen atoms in total. The van der Waals surface area contributed by atoms with Gasteiger partial charge in [-0.05, 0) is 32.0 Å². The van der Waals surface area contributed by atoms with Crippen molar-refractivity contribution in [2.24, 2.45) is 0 Å². The Kier molecular flexibility index (Phi) is 2.88. The molecular formula is C14H14N2O. The zero-order valence-electron chi connectivity index (χ0n) is 10.2. The fourth-order valence-electron chi connectivity index (χ4n) is 2.02. The molecule has 0 fully saturated rings. The molecule has 0 aliphatic rings. The van der Waals surface area contributed by atoms with Crippen molar-refractivity contribution in [1.82, 2.24) is 4.57 Å². The third-order valence-electron chi connectivity index (χ3n) is 2.86. The second-order valence-corrected chi connectivity index (χ2v) is 3.93. The summed E-state index contributed by atoms with van der Waals surface area (Å²) in [5.41, 5.74) is 3.73. The molecule has 2 rings (SSSR count). The van der Waals surface area contributed by atoms with Crippen LogP contribution in [-0.4, -0.2) is 11.7 Å². The SMILES string of the molecule is COc1cccc(-n2c(C)cc(C#N)c2C)c1. The van der Waals surface area contributed by atoms with Crippen molar-refractivity contribution < 1.29 is 4.74 Å². The Bertz CT molecular complexity index is 591. The van der Waals surface area contributed by atoms with E-state index in [0.717, 1.165) is 22.8 Å². The number of methoxy groups -OCH3 is 1. The first kappa shape index (κ1) is 11.3. The lowest BCUT2D eigenvalue weighted by Gasteiger charge is -2.10. The summed E-state index contributed by atoms with van der Waals surface area (Å²) in [7, 11) is 1.65. The van der Waals surface area contributed by atoms with Crippen LogP contribution in [0.3, 0.4) is 0 Å². The highest BCUT2D eigenvalue weighted by Crippen LogP contribution is 2.23. The molecule has 0 N–H and O–H groups in total. The van der Waals surface area contributed by atoms with Crippen LogP contribution in [0.1, 0.15) is 17.0 Å². The zero-order valence-corrected chi connectivity index (χ0v) is 10.2. The molecule has 0 saturated carbocycles. The lowest BCUT2D eigenvalue weighted by atomic mass is 10.2. The first-order valence-electron chi connectivity index (χ1n) is 5.41. The highest BCUT2D eigenvalue weighted by molar-refractivity contribution is 5.47. The van der Waals surface area contributed by atoms with Crippen LogP contribution < -0.4 is 4.74 Å². The van der Waals surface area contributed by atoms with Crippen molar-refractivity contribution >= 4 is 0 Å². The van der Waals surface area contributed by atoms with Crippen LogP contribution in [0, 0.1) is 25.2 Å². The van der Waals surface area contributed by atoms with Gasteiger partial charge in [0.2, 0.25) is 0 Å². The highest BCUT2D eigenvalue weighted by Gasteiger charge is 2.10. The molecule has 17 heavy (non-hydrogen) atoms. The molecule has 0 unspecified atom stereocenters. The normalized spacial score (nSPS) is 10.0. The number of rotatable bonds is 2. The van der Waals surface area contributed by atoms with Gasteiger partial charge in [0.15, 0.2) is 0 Å². The Morgan fingerprint density at radius 2 is 2.00 bits per heavy atom. The van der Waals surface area contributed by atoms with Gasteiger partial charge in [0.05, 0.1) is 12.7 Å². The van der Waals surface area contributed by atoms with Crippen LogP contribution in [0.5, 0.6) is 5.75 Å². The number of nitrogens with zero attached hydrogens (tertiary/aromatic N) is 2. The number of hydrogen-bond donors (Lipinski definition) is 0. The van der Waals surface area contributed by atoms with E-state index < -0.39 is 0 Å². The number of benzene rings is 1. The standard InChI is InChI=1S/C14H14N2O/c1-10-7-12(9-15)11(2)16(10)13-5-4-6-14(8-13)17-3/h4-8H,1-3H3. The zero-order chi connectivity index (χ0) is 12.4. The Hall–Kier alpha value is -2.21. The first-order valence-corrected chi connectivity index (χ1v) is 5.41. The Labute approximate surface area is 101 Å². The molecule has 0 atom stereocenters. The lowest BCUT2D eigenvalue weighted by molar-refractivity contribution is 0.414. The van der Waals surface area contributed by atoms with Crippen molar-refractivity contribution in [2.45, 2.75) is 13.8 Å². The third-order valence-corrected chi connectivity index (χ3v) is 2.86. The minimum absolute atomic E-state index is 0.713. The van der Waals surface area contributed by atoms with Crippen molar-refractivity contribution in [2.75, 3.05) is 7.11 Å². The maximum atomic E-state index is 9.02. The second kappa shape index (κ2) is 4.34. The van der Waals surface area contributed by atoms with Gasteiger partial charge in [-0.1, -0.05) is 6.07 Å². The molecule has 2 aromatic rings. The van der Waals surface area contributed by atoms with E-state index in [9.17, 15) is 0 Å². The smallest absolute Gasteiger partial charge is 0.120 e. The quantitative estimate of drug-likeness (QED) is 0.789. The van der Waals surface area contributed by atoms with Gasteiger partial charge < -0.3 is 9.30 Å². The summed E-state index contributed by atoms with van der Waals surface area (Å²) in [4.78, 5) is 0. The molecule has 3 heteroatoms. The number of ether oxygens (including phenoxy) is 1. The van der Waals surface area contributed by atoms with Crippen LogP contribution in [0.4, 0.5) is 0 Å². The minimum atomic E-state index is 0.713. The van der Waals surface area contributed by atoms with Crippen LogP contribution in [0.25, 0.3) is 5.69 Å². The van der Waals surface area contributed by atoms with E-state index in [0.29, 0.717) is 5.56 Å². The fraction of sp³-hybridized carbons (Fsp3) is 0.214. The topological polar surface area (TPSA) is 38.0 Å².